The van der Waals surface area contributed by atoms with Gasteiger partial charge in [0.15, 0.2) is 0 Å². The normalized spacial score (nSPS) is 10.2. The molecule has 0 aliphatic carbocycles. The Morgan fingerprint density at radius 1 is 1.30 bits per heavy atom. The number of pyridine rings is 1. The van der Waals surface area contributed by atoms with Gasteiger partial charge in [-0.3, -0.25) is 9.78 Å². The number of rotatable bonds is 4. The molecule has 0 bridgehead atoms. The van der Waals surface area contributed by atoms with Gasteiger partial charge in [-0.2, -0.15) is 5.01 Å². The van der Waals surface area contributed by atoms with Gasteiger partial charge in [-0.15, -0.1) is 0 Å². The summed E-state index contributed by atoms with van der Waals surface area (Å²) in [4.78, 5) is 27.5. The Hall–Kier alpha value is -2.27. The molecule has 0 spiro atoms. The largest absolute Gasteiger partial charge is 0.351 e. The van der Waals surface area contributed by atoms with E-state index in [0.717, 1.165) is 3.57 Å². The maximum atomic E-state index is 14.0. The molecule has 2 aromatic rings. The van der Waals surface area contributed by atoms with Crippen molar-refractivity contribution >= 4 is 45.9 Å². The number of hydrogen-bond acceptors (Lipinski definition) is 5. The van der Waals surface area contributed by atoms with Crippen molar-refractivity contribution in [3.05, 3.63) is 51.6 Å². The van der Waals surface area contributed by atoms with Crippen LogP contribution in [0.1, 0.15) is 10.4 Å². The van der Waals surface area contributed by atoms with Gasteiger partial charge in [0.25, 0.3) is 5.91 Å². The highest BCUT2D eigenvalue weighted by atomic mass is 127. The number of carbonyl (C=O) groups excluding carboxylic acids is 2. The molecule has 4 N–H and O–H groups in total. The van der Waals surface area contributed by atoms with Crippen LogP contribution in [-0.2, 0) is 0 Å². The number of nitrogens with zero attached hydrogens (tertiary/aromatic N) is 2. The van der Waals surface area contributed by atoms with Crippen LogP contribution < -0.4 is 16.5 Å². The van der Waals surface area contributed by atoms with Crippen LogP contribution in [0.3, 0.4) is 0 Å². The number of hydrazine groups is 1. The van der Waals surface area contributed by atoms with Crippen molar-refractivity contribution < 1.29 is 14.0 Å². The molecule has 0 saturated carbocycles. The Morgan fingerprint density at radius 2 is 2.04 bits per heavy atom. The highest BCUT2D eigenvalue weighted by molar-refractivity contribution is 14.1. The number of hydrogen-bond donors (Lipinski definition) is 3. The number of nitrogens with two attached hydrogens (primary N) is 1. The van der Waals surface area contributed by atoms with E-state index in [9.17, 15) is 14.0 Å². The number of halogens is 2. The number of urea groups is 1. The molecule has 0 atom stereocenters. The number of primary amides is 1. The summed E-state index contributed by atoms with van der Waals surface area (Å²) in [5.74, 6) is -1.16. The van der Waals surface area contributed by atoms with Gasteiger partial charge < -0.3 is 11.1 Å². The van der Waals surface area contributed by atoms with E-state index in [0.29, 0.717) is 5.01 Å². The number of nitrogens with one attached hydrogen (secondary N) is 2. The molecular weight excluding hydrogens is 416 g/mol. The standard InChI is InChI=1S/C14H13FIN5O2/c1-18-21(14(17)23)13(22)9-4-5-19-7-12(9)20-11-3-2-8(16)6-10(11)15/h2-7,18,20H,1H3,(H2,17,23). The van der Waals surface area contributed by atoms with Gasteiger partial charge >= 0.3 is 6.03 Å². The van der Waals surface area contributed by atoms with Crippen molar-refractivity contribution in [3.8, 4) is 0 Å². The van der Waals surface area contributed by atoms with Crippen molar-refractivity contribution in [3.63, 3.8) is 0 Å². The van der Waals surface area contributed by atoms with Gasteiger partial charge in [-0.25, -0.2) is 14.6 Å². The fourth-order valence-electron chi connectivity index (χ4n) is 1.85. The molecule has 3 amide bonds. The second-order valence-electron chi connectivity index (χ2n) is 4.37. The number of aromatic nitrogens is 1. The summed E-state index contributed by atoms with van der Waals surface area (Å²) in [6.45, 7) is 0. The molecule has 1 heterocycles. The van der Waals surface area contributed by atoms with Crippen molar-refractivity contribution in [1.29, 1.82) is 0 Å². The fourth-order valence-corrected chi connectivity index (χ4v) is 2.30. The second kappa shape index (κ2) is 7.33. The summed E-state index contributed by atoms with van der Waals surface area (Å²) in [6, 6.07) is 5.06. The van der Waals surface area contributed by atoms with Crippen LogP contribution in [0.4, 0.5) is 20.6 Å². The van der Waals surface area contributed by atoms with Crippen LogP contribution >= 0.6 is 22.6 Å². The minimum atomic E-state index is -0.958. The molecule has 23 heavy (non-hydrogen) atoms. The highest BCUT2D eigenvalue weighted by Crippen LogP contribution is 2.24. The van der Waals surface area contributed by atoms with Crippen molar-refractivity contribution in [1.82, 2.24) is 15.4 Å². The van der Waals surface area contributed by atoms with E-state index >= 15 is 0 Å². The van der Waals surface area contributed by atoms with Crippen LogP contribution in [0.2, 0.25) is 0 Å². The van der Waals surface area contributed by atoms with Gasteiger partial charge in [-0.1, -0.05) is 0 Å². The maximum Gasteiger partial charge on any atom is 0.336 e. The minimum absolute atomic E-state index is 0.117. The Balaban J connectivity index is 2.37. The molecular formula is C14H13FIN5O2. The van der Waals surface area contributed by atoms with Crippen molar-refractivity contribution in [2.45, 2.75) is 0 Å². The predicted octanol–water partition coefficient (Wildman–Crippen LogP) is 2.22. The first-order valence-corrected chi connectivity index (χ1v) is 7.49. The number of imide groups is 1. The van der Waals surface area contributed by atoms with Gasteiger partial charge in [0, 0.05) is 16.8 Å². The topological polar surface area (TPSA) is 100 Å². The number of anilines is 2. The monoisotopic (exact) mass is 429 g/mol. The molecule has 1 aromatic carbocycles. The lowest BCUT2D eigenvalue weighted by Crippen LogP contribution is -2.48. The van der Waals surface area contributed by atoms with Crippen LogP contribution in [0, 0.1) is 9.39 Å². The molecule has 9 heteroatoms. The zero-order chi connectivity index (χ0) is 17.0. The summed E-state index contributed by atoms with van der Waals surface area (Å²) in [5, 5.41) is 3.44. The predicted molar refractivity (Wildman–Crippen MR) is 91.4 cm³/mol. The van der Waals surface area contributed by atoms with Crippen LogP contribution in [0.25, 0.3) is 0 Å². The molecule has 1 aromatic heterocycles. The first kappa shape index (κ1) is 17.1. The van der Waals surface area contributed by atoms with Crippen molar-refractivity contribution in [2.24, 2.45) is 5.73 Å². The van der Waals surface area contributed by atoms with Gasteiger partial charge in [0.2, 0.25) is 0 Å². The highest BCUT2D eigenvalue weighted by Gasteiger charge is 2.22. The average Bonchev–Trinajstić information content (AvgIpc) is 2.50. The molecule has 0 aliphatic rings. The van der Waals surface area contributed by atoms with E-state index in [1.165, 1.54) is 31.6 Å². The van der Waals surface area contributed by atoms with Crippen LogP contribution in [0.5, 0.6) is 0 Å². The van der Waals surface area contributed by atoms with Crippen LogP contribution in [0.15, 0.2) is 36.7 Å². The molecule has 0 aliphatic heterocycles. The lowest BCUT2D eigenvalue weighted by atomic mass is 10.2. The number of benzene rings is 1. The van der Waals surface area contributed by atoms with E-state index in [2.05, 4.69) is 15.7 Å². The smallest absolute Gasteiger partial charge is 0.336 e. The summed E-state index contributed by atoms with van der Waals surface area (Å²) in [6.07, 6.45) is 2.75. The Bertz CT molecular complexity index is 756. The third-order valence-corrected chi connectivity index (χ3v) is 3.57. The fraction of sp³-hybridized carbons (Fsp3) is 0.0714. The minimum Gasteiger partial charge on any atom is -0.351 e. The lowest BCUT2D eigenvalue weighted by molar-refractivity contribution is 0.0754. The zero-order valence-corrected chi connectivity index (χ0v) is 14.2. The molecule has 0 unspecified atom stereocenters. The van der Waals surface area contributed by atoms with Gasteiger partial charge in [-0.05, 0) is 46.9 Å². The van der Waals surface area contributed by atoms with Gasteiger partial charge in [0.05, 0.1) is 23.1 Å². The Labute approximate surface area is 145 Å². The number of carbonyl (C=O) groups is 2. The summed E-state index contributed by atoms with van der Waals surface area (Å²) < 4.78 is 14.7. The molecule has 2 rings (SSSR count). The quantitative estimate of drug-likeness (QED) is 0.512. The zero-order valence-electron chi connectivity index (χ0n) is 12.0. The number of amides is 3. The van der Waals surface area contributed by atoms with E-state index in [-0.39, 0.29) is 16.9 Å². The maximum absolute atomic E-state index is 14.0. The average molecular weight is 429 g/mol. The SMILES string of the molecule is CNN(C(N)=O)C(=O)c1ccncc1Nc1ccc(I)cc1F. The molecule has 0 saturated heterocycles. The van der Waals surface area contributed by atoms with E-state index in [1.54, 1.807) is 12.1 Å². The summed E-state index contributed by atoms with van der Waals surface area (Å²) in [7, 11) is 1.38. The Morgan fingerprint density at radius 3 is 2.65 bits per heavy atom. The lowest BCUT2D eigenvalue weighted by Gasteiger charge is -2.18. The molecule has 120 valence electrons. The van der Waals surface area contributed by atoms with Crippen LogP contribution in [-0.4, -0.2) is 29.0 Å². The molecule has 0 radical (unpaired) electrons. The summed E-state index contributed by atoms with van der Waals surface area (Å²) >= 11 is 1.99. The Kier molecular flexibility index (Phi) is 5.45. The van der Waals surface area contributed by atoms with Gasteiger partial charge in [0.1, 0.15) is 5.82 Å². The molecule has 0 fully saturated rings. The molecule has 7 nitrogen and oxygen atoms in total. The second-order valence-corrected chi connectivity index (χ2v) is 5.62. The summed E-state index contributed by atoms with van der Waals surface area (Å²) in [5.41, 5.74) is 8.08. The first-order chi connectivity index (χ1) is 10.9. The van der Waals surface area contributed by atoms with E-state index in [4.69, 9.17) is 5.73 Å². The van der Waals surface area contributed by atoms with Crippen molar-refractivity contribution in [2.75, 3.05) is 12.4 Å². The van der Waals surface area contributed by atoms with E-state index in [1.807, 2.05) is 22.6 Å². The van der Waals surface area contributed by atoms with E-state index < -0.39 is 17.8 Å². The third-order valence-electron chi connectivity index (χ3n) is 2.90. The third kappa shape index (κ3) is 3.93. The first-order valence-electron chi connectivity index (χ1n) is 6.41.